The Balaban J connectivity index is 1.70. The van der Waals surface area contributed by atoms with E-state index in [1.807, 2.05) is 6.07 Å². The van der Waals surface area contributed by atoms with Crippen molar-refractivity contribution in [3.05, 3.63) is 29.6 Å². The molecule has 1 heterocycles. The molecule has 164 valence electrons. The van der Waals surface area contributed by atoms with Gasteiger partial charge in [0.25, 0.3) is 0 Å². The molecule has 1 aromatic carbocycles. The van der Waals surface area contributed by atoms with Crippen LogP contribution < -0.4 is 10.1 Å². The van der Waals surface area contributed by atoms with Crippen LogP contribution in [-0.4, -0.2) is 96.3 Å². The Morgan fingerprint density at radius 1 is 1.24 bits per heavy atom. The molecule has 0 bridgehead atoms. The van der Waals surface area contributed by atoms with E-state index in [9.17, 15) is 12.8 Å². The monoisotopic (exact) mass is 430 g/mol. The van der Waals surface area contributed by atoms with Gasteiger partial charge in [-0.2, -0.15) is 0 Å². The van der Waals surface area contributed by atoms with Crippen molar-refractivity contribution in [2.45, 2.75) is 6.54 Å². The van der Waals surface area contributed by atoms with Crippen LogP contribution in [0.5, 0.6) is 5.75 Å². The largest absolute Gasteiger partial charge is 0.494 e. The number of methoxy groups -OCH3 is 1. The van der Waals surface area contributed by atoms with Gasteiger partial charge in [0.15, 0.2) is 17.5 Å². The molecule has 10 heteroatoms. The van der Waals surface area contributed by atoms with Gasteiger partial charge in [0.05, 0.1) is 26.1 Å². The molecule has 0 amide bonds. The molecule has 0 spiro atoms. The molecule has 29 heavy (non-hydrogen) atoms. The number of hydrogen-bond acceptors (Lipinski definition) is 6. The Labute approximate surface area is 172 Å². The molecule has 0 unspecified atom stereocenters. The molecule has 0 aromatic heterocycles. The van der Waals surface area contributed by atoms with Crippen molar-refractivity contribution in [3.8, 4) is 5.75 Å². The second-order valence-electron chi connectivity index (χ2n) is 6.95. The predicted octanol–water partition coefficient (Wildman–Crippen LogP) is 0.589. The quantitative estimate of drug-likeness (QED) is 0.349. The van der Waals surface area contributed by atoms with Crippen LogP contribution in [-0.2, 0) is 21.1 Å². The highest BCUT2D eigenvalue weighted by Gasteiger charge is 2.20. The van der Waals surface area contributed by atoms with Gasteiger partial charge in [0, 0.05) is 52.6 Å². The van der Waals surface area contributed by atoms with Crippen LogP contribution >= 0.6 is 0 Å². The van der Waals surface area contributed by atoms with Crippen molar-refractivity contribution >= 4 is 15.8 Å². The maximum Gasteiger partial charge on any atom is 0.193 e. The van der Waals surface area contributed by atoms with Crippen molar-refractivity contribution < 1.29 is 22.3 Å². The second-order valence-corrected chi connectivity index (χ2v) is 9.21. The van der Waals surface area contributed by atoms with Crippen LogP contribution in [0.15, 0.2) is 23.2 Å². The Morgan fingerprint density at radius 3 is 2.55 bits per heavy atom. The third-order valence-electron chi connectivity index (χ3n) is 4.63. The molecule has 8 nitrogen and oxygen atoms in total. The molecule has 0 atom stereocenters. The maximum absolute atomic E-state index is 13.9. The standard InChI is InChI=1S/C19H31FN4O4S/c1-21-19(22-6-11-28-12-13-29(3,25)26)24-9-7-23(8-10-24)15-16-4-5-18(27-2)17(20)14-16/h4-5,14H,6-13,15H2,1-3H3,(H,21,22). The molecule has 1 saturated heterocycles. The number of rotatable bonds is 9. The molecular formula is C19H31FN4O4S. The Bertz CT molecular complexity index is 780. The minimum atomic E-state index is -2.99. The summed E-state index contributed by atoms with van der Waals surface area (Å²) in [5.74, 6) is 0.745. The lowest BCUT2D eigenvalue weighted by molar-refractivity contribution is 0.150. The van der Waals surface area contributed by atoms with Crippen molar-refractivity contribution in [2.24, 2.45) is 4.99 Å². The second kappa shape index (κ2) is 11.3. The third-order valence-corrected chi connectivity index (χ3v) is 5.54. The zero-order valence-electron chi connectivity index (χ0n) is 17.4. The Morgan fingerprint density at radius 2 is 1.97 bits per heavy atom. The fourth-order valence-electron chi connectivity index (χ4n) is 3.06. The van der Waals surface area contributed by atoms with Crippen molar-refractivity contribution in [3.63, 3.8) is 0 Å². The number of ether oxygens (including phenoxy) is 2. The van der Waals surface area contributed by atoms with Gasteiger partial charge in [-0.1, -0.05) is 6.07 Å². The number of halogens is 1. The van der Waals surface area contributed by atoms with Crippen molar-refractivity contribution in [1.29, 1.82) is 0 Å². The first-order chi connectivity index (χ1) is 13.8. The first kappa shape index (κ1) is 23.4. The van der Waals surface area contributed by atoms with Crippen molar-refractivity contribution in [1.82, 2.24) is 15.1 Å². The molecule has 0 aliphatic carbocycles. The van der Waals surface area contributed by atoms with Crippen LogP contribution in [0, 0.1) is 5.82 Å². The summed E-state index contributed by atoms with van der Waals surface area (Å²) in [4.78, 5) is 8.75. The van der Waals surface area contributed by atoms with Gasteiger partial charge in [-0.3, -0.25) is 9.89 Å². The van der Waals surface area contributed by atoms with Gasteiger partial charge in [0.1, 0.15) is 9.84 Å². The van der Waals surface area contributed by atoms with E-state index in [2.05, 4.69) is 20.1 Å². The average molecular weight is 431 g/mol. The molecular weight excluding hydrogens is 399 g/mol. The summed E-state index contributed by atoms with van der Waals surface area (Å²) in [7, 11) is 0.201. The molecule has 1 aliphatic heterocycles. The Hall–Kier alpha value is -1.91. The summed E-state index contributed by atoms with van der Waals surface area (Å²) < 4.78 is 46.3. The summed E-state index contributed by atoms with van der Waals surface area (Å²) in [5, 5.41) is 3.24. The molecule has 1 N–H and O–H groups in total. The molecule has 0 radical (unpaired) electrons. The van der Waals surface area contributed by atoms with E-state index in [0.29, 0.717) is 19.7 Å². The smallest absolute Gasteiger partial charge is 0.193 e. The van der Waals surface area contributed by atoms with Crippen LogP contribution in [0.4, 0.5) is 4.39 Å². The number of nitrogens with one attached hydrogen (secondary N) is 1. The van der Waals surface area contributed by atoms with Gasteiger partial charge < -0.3 is 19.7 Å². The molecule has 2 rings (SSSR count). The maximum atomic E-state index is 13.9. The zero-order chi connectivity index (χ0) is 21.3. The summed E-state index contributed by atoms with van der Waals surface area (Å²) in [6.45, 7) is 5.18. The van der Waals surface area contributed by atoms with E-state index >= 15 is 0 Å². The third kappa shape index (κ3) is 8.15. The number of hydrogen-bond donors (Lipinski definition) is 1. The van der Waals surface area contributed by atoms with Crippen LogP contribution in [0.1, 0.15) is 5.56 Å². The number of piperazine rings is 1. The van der Waals surface area contributed by atoms with Gasteiger partial charge in [-0.15, -0.1) is 0 Å². The van der Waals surface area contributed by atoms with Gasteiger partial charge in [-0.05, 0) is 17.7 Å². The number of sulfone groups is 1. The van der Waals surface area contributed by atoms with E-state index in [1.54, 1.807) is 13.1 Å². The van der Waals surface area contributed by atoms with Gasteiger partial charge in [-0.25, -0.2) is 12.8 Å². The number of aliphatic imine (C=N–C) groups is 1. The highest BCUT2D eigenvalue weighted by Crippen LogP contribution is 2.19. The van der Waals surface area contributed by atoms with E-state index in [4.69, 9.17) is 9.47 Å². The summed E-state index contributed by atoms with van der Waals surface area (Å²) in [5.41, 5.74) is 0.922. The van der Waals surface area contributed by atoms with Crippen molar-refractivity contribution in [2.75, 3.05) is 72.1 Å². The van der Waals surface area contributed by atoms with E-state index in [0.717, 1.165) is 37.7 Å². The van der Waals surface area contributed by atoms with E-state index < -0.39 is 9.84 Å². The topological polar surface area (TPSA) is 83.5 Å². The van der Waals surface area contributed by atoms with E-state index in [1.165, 1.54) is 19.4 Å². The minimum Gasteiger partial charge on any atom is -0.494 e. The van der Waals surface area contributed by atoms with Gasteiger partial charge in [0.2, 0.25) is 0 Å². The fourth-order valence-corrected chi connectivity index (χ4v) is 3.48. The number of guanidine groups is 1. The zero-order valence-corrected chi connectivity index (χ0v) is 18.2. The highest BCUT2D eigenvalue weighted by atomic mass is 32.2. The van der Waals surface area contributed by atoms with Crippen LogP contribution in [0.25, 0.3) is 0 Å². The SMILES string of the molecule is CN=C(NCCOCCS(C)(=O)=O)N1CCN(Cc2ccc(OC)c(F)c2)CC1. The fraction of sp³-hybridized carbons (Fsp3) is 0.632. The Kier molecular flexibility index (Phi) is 9.12. The number of benzene rings is 1. The van der Waals surface area contributed by atoms with Crippen LogP contribution in [0.2, 0.25) is 0 Å². The summed E-state index contributed by atoms with van der Waals surface area (Å²) in [6, 6.07) is 5.07. The normalized spacial score (nSPS) is 16.1. The van der Waals surface area contributed by atoms with Gasteiger partial charge >= 0.3 is 0 Å². The molecule has 1 aliphatic rings. The van der Waals surface area contributed by atoms with E-state index in [-0.39, 0.29) is 23.9 Å². The predicted molar refractivity (Wildman–Crippen MR) is 112 cm³/mol. The summed E-state index contributed by atoms with van der Waals surface area (Å²) >= 11 is 0. The average Bonchev–Trinajstić information content (AvgIpc) is 2.68. The minimum absolute atomic E-state index is 0.0295. The summed E-state index contributed by atoms with van der Waals surface area (Å²) in [6.07, 6.45) is 1.20. The lowest BCUT2D eigenvalue weighted by atomic mass is 10.2. The first-order valence-corrected chi connectivity index (χ1v) is 11.6. The number of nitrogens with zero attached hydrogens (tertiary/aromatic N) is 3. The molecule has 0 saturated carbocycles. The lowest BCUT2D eigenvalue weighted by Crippen LogP contribution is -2.52. The molecule has 1 aromatic rings. The lowest BCUT2D eigenvalue weighted by Gasteiger charge is -2.36. The highest BCUT2D eigenvalue weighted by molar-refractivity contribution is 7.90. The first-order valence-electron chi connectivity index (χ1n) is 9.58. The molecule has 1 fully saturated rings. The van der Waals surface area contributed by atoms with Crippen LogP contribution in [0.3, 0.4) is 0 Å².